The van der Waals surface area contributed by atoms with Crippen molar-refractivity contribution in [1.82, 2.24) is 14.9 Å². The molecule has 25 heavy (non-hydrogen) atoms. The number of carbonyl (C=O) groups is 1. The molecule has 0 atom stereocenters. The van der Waals surface area contributed by atoms with Gasteiger partial charge in [-0.05, 0) is 24.3 Å². The number of thiazole rings is 1. The molecule has 1 saturated heterocycles. The molecule has 1 aliphatic heterocycles. The zero-order valence-electron chi connectivity index (χ0n) is 13.5. The number of H-pyrrole nitrogens is 1. The van der Waals surface area contributed by atoms with Gasteiger partial charge < -0.3 is 14.6 Å². The van der Waals surface area contributed by atoms with Gasteiger partial charge in [-0.3, -0.25) is 9.59 Å². The van der Waals surface area contributed by atoms with Crippen molar-refractivity contribution in [3.8, 4) is 5.19 Å². The average Bonchev–Trinajstić information content (AvgIpc) is 3.04. The Morgan fingerprint density at radius 3 is 2.76 bits per heavy atom. The molecule has 3 heterocycles. The molecule has 0 spiro atoms. The lowest BCUT2D eigenvalue weighted by Crippen LogP contribution is -2.43. The molecule has 3 aromatic rings. The van der Waals surface area contributed by atoms with Gasteiger partial charge in [-0.25, -0.2) is 4.98 Å². The highest BCUT2D eigenvalue weighted by molar-refractivity contribution is 7.20. The second-order valence-corrected chi connectivity index (χ2v) is 6.96. The van der Waals surface area contributed by atoms with Gasteiger partial charge in [0.15, 0.2) is 0 Å². The van der Waals surface area contributed by atoms with E-state index >= 15 is 0 Å². The number of piperidine rings is 1. The average molecular weight is 355 g/mol. The number of aromatic amines is 1. The minimum atomic E-state index is -0.347. The topological polar surface area (TPSA) is 75.3 Å². The van der Waals surface area contributed by atoms with E-state index in [0.29, 0.717) is 18.3 Å². The summed E-state index contributed by atoms with van der Waals surface area (Å²) in [7, 11) is 0. The molecule has 128 valence electrons. The molecule has 0 bridgehead atoms. The maximum absolute atomic E-state index is 12.5. The second kappa shape index (κ2) is 6.68. The maximum atomic E-state index is 12.5. The van der Waals surface area contributed by atoms with E-state index < -0.39 is 0 Å². The maximum Gasteiger partial charge on any atom is 0.274 e. The molecule has 1 N–H and O–H groups in total. The number of carbonyl (C=O) groups excluding carboxylic acids is 1. The minimum Gasteiger partial charge on any atom is -0.467 e. The first-order valence-electron chi connectivity index (χ1n) is 8.20. The van der Waals surface area contributed by atoms with Crippen molar-refractivity contribution in [3.05, 3.63) is 58.5 Å². The van der Waals surface area contributed by atoms with Gasteiger partial charge in [0.1, 0.15) is 11.7 Å². The number of para-hydroxylation sites is 1. The first kappa shape index (κ1) is 15.8. The van der Waals surface area contributed by atoms with Gasteiger partial charge in [0.2, 0.25) is 0 Å². The zero-order valence-corrected chi connectivity index (χ0v) is 14.3. The summed E-state index contributed by atoms with van der Waals surface area (Å²) in [5, 5.41) is 0.672. The summed E-state index contributed by atoms with van der Waals surface area (Å²) in [4.78, 5) is 33.0. The minimum absolute atomic E-state index is 0.0404. The van der Waals surface area contributed by atoms with Crippen molar-refractivity contribution in [2.24, 2.45) is 0 Å². The molecule has 4 rings (SSSR count). The molecule has 1 aromatic carbocycles. The van der Waals surface area contributed by atoms with Crippen LogP contribution in [0.4, 0.5) is 0 Å². The van der Waals surface area contributed by atoms with Gasteiger partial charge >= 0.3 is 0 Å². The summed E-state index contributed by atoms with van der Waals surface area (Å²) in [5.74, 6) is -0.222. The van der Waals surface area contributed by atoms with Crippen molar-refractivity contribution < 1.29 is 9.53 Å². The Hall–Kier alpha value is -2.67. The molecule has 0 radical (unpaired) electrons. The standard InChI is InChI=1S/C18H17N3O3S/c22-16-13(4-3-9-19-16)17(23)21-10-7-12(8-11-21)24-18-20-14-5-1-2-6-15(14)25-18/h1-6,9,12H,7-8,10-11H2,(H,19,22). The molecular weight excluding hydrogens is 338 g/mol. The Bertz CT molecular complexity index is 924. The monoisotopic (exact) mass is 355 g/mol. The van der Waals surface area contributed by atoms with Crippen LogP contribution in [0.2, 0.25) is 0 Å². The number of nitrogens with zero attached hydrogens (tertiary/aromatic N) is 2. The predicted octanol–water partition coefficient (Wildman–Crippen LogP) is 2.67. The van der Waals surface area contributed by atoms with Crippen molar-refractivity contribution in [1.29, 1.82) is 0 Å². The Kier molecular flexibility index (Phi) is 4.23. The van der Waals surface area contributed by atoms with E-state index in [1.54, 1.807) is 17.0 Å². The van der Waals surface area contributed by atoms with E-state index in [0.717, 1.165) is 23.1 Å². The largest absolute Gasteiger partial charge is 0.467 e. The molecule has 1 fully saturated rings. The Morgan fingerprint density at radius 1 is 1.20 bits per heavy atom. The third kappa shape index (κ3) is 3.28. The summed E-state index contributed by atoms with van der Waals surface area (Å²) >= 11 is 1.54. The molecule has 0 saturated carbocycles. The number of ether oxygens (including phenoxy) is 1. The number of pyridine rings is 1. The summed E-state index contributed by atoms with van der Waals surface area (Å²) in [6, 6.07) is 11.2. The lowest BCUT2D eigenvalue weighted by atomic mass is 10.1. The van der Waals surface area contributed by atoms with Crippen LogP contribution >= 0.6 is 11.3 Å². The number of aromatic nitrogens is 2. The molecule has 1 amide bonds. The van der Waals surface area contributed by atoms with E-state index in [1.165, 1.54) is 17.5 Å². The van der Waals surface area contributed by atoms with Gasteiger partial charge in [-0.2, -0.15) is 0 Å². The van der Waals surface area contributed by atoms with Crippen LogP contribution in [-0.2, 0) is 0 Å². The lowest BCUT2D eigenvalue weighted by Gasteiger charge is -2.31. The Balaban J connectivity index is 1.39. The van der Waals surface area contributed by atoms with E-state index in [4.69, 9.17) is 4.74 Å². The van der Waals surface area contributed by atoms with Crippen LogP contribution in [0, 0.1) is 0 Å². The van der Waals surface area contributed by atoms with Crippen molar-refractivity contribution in [2.75, 3.05) is 13.1 Å². The van der Waals surface area contributed by atoms with E-state index in [2.05, 4.69) is 9.97 Å². The van der Waals surface area contributed by atoms with E-state index in [1.807, 2.05) is 24.3 Å². The number of hydrogen-bond donors (Lipinski definition) is 1. The summed E-state index contributed by atoms with van der Waals surface area (Å²) in [5.41, 5.74) is 0.784. The van der Waals surface area contributed by atoms with Crippen molar-refractivity contribution in [2.45, 2.75) is 18.9 Å². The Labute approximate surface area is 148 Å². The van der Waals surface area contributed by atoms with Gasteiger partial charge in [-0.15, -0.1) is 0 Å². The fourth-order valence-corrected chi connectivity index (χ4v) is 3.86. The second-order valence-electron chi connectivity index (χ2n) is 5.97. The predicted molar refractivity (Wildman–Crippen MR) is 96.2 cm³/mol. The molecule has 0 unspecified atom stereocenters. The molecular formula is C18H17N3O3S. The van der Waals surface area contributed by atoms with Gasteiger partial charge in [-0.1, -0.05) is 23.5 Å². The number of amides is 1. The fraction of sp³-hybridized carbons (Fsp3) is 0.278. The van der Waals surface area contributed by atoms with Gasteiger partial charge in [0.25, 0.3) is 16.7 Å². The number of rotatable bonds is 3. The molecule has 6 nitrogen and oxygen atoms in total. The fourth-order valence-electron chi connectivity index (χ4n) is 2.98. The van der Waals surface area contributed by atoms with Crippen LogP contribution in [0.3, 0.4) is 0 Å². The number of benzene rings is 1. The molecule has 0 aliphatic carbocycles. The van der Waals surface area contributed by atoms with Crippen molar-refractivity contribution >= 4 is 27.5 Å². The third-order valence-corrected chi connectivity index (χ3v) is 5.25. The SMILES string of the molecule is O=C(c1ccc[nH]c1=O)N1CCC(Oc2nc3ccccc3s2)CC1. The summed E-state index contributed by atoms with van der Waals surface area (Å²) < 4.78 is 7.10. The van der Waals surface area contributed by atoms with E-state index in [-0.39, 0.29) is 23.1 Å². The summed E-state index contributed by atoms with van der Waals surface area (Å²) in [6.45, 7) is 1.14. The molecule has 2 aromatic heterocycles. The quantitative estimate of drug-likeness (QED) is 0.784. The van der Waals surface area contributed by atoms with Crippen LogP contribution in [0.25, 0.3) is 10.2 Å². The van der Waals surface area contributed by atoms with Crippen LogP contribution in [0.5, 0.6) is 5.19 Å². The number of likely N-dealkylation sites (tertiary alicyclic amines) is 1. The van der Waals surface area contributed by atoms with Crippen LogP contribution in [-0.4, -0.2) is 40.0 Å². The zero-order chi connectivity index (χ0) is 17.2. The van der Waals surface area contributed by atoms with Crippen LogP contribution in [0.15, 0.2) is 47.4 Å². The molecule has 7 heteroatoms. The number of nitrogens with one attached hydrogen (secondary N) is 1. The van der Waals surface area contributed by atoms with Crippen LogP contribution in [0.1, 0.15) is 23.2 Å². The highest BCUT2D eigenvalue weighted by Gasteiger charge is 2.26. The van der Waals surface area contributed by atoms with Gasteiger partial charge in [0, 0.05) is 32.1 Å². The third-order valence-electron chi connectivity index (χ3n) is 4.32. The summed E-state index contributed by atoms with van der Waals surface area (Å²) in [6.07, 6.45) is 3.02. The Morgan fingerprint density at radius 2 is 2.00 bits per heavy atom. The van der Waals surface area contributed by atoms with Crippen LogP contribution < -0.4 is 10.3 Å². The smallest absolute Gasteiger partial charge is 0.274 e. The lowest BCUT2D eigenvalue weighted by molar-refractivity contribution is 0.0594. The first-order chi connectivity index (χ1) is 12.2. The van der Waals surface area contributed by atoms with Gasteiger partial charge in [0.05, 0.1) is 10.2 Å². The van der Waals surface area contributed by atoms with Crippen molar-refractivity contribution in [3.63, 3.8) is 0 Å². The highest BCUT2D eigenvalue weighted by Crippen LogP contribution is 2.29. The molecule has 1 aliphatic rings. The number of fused-ring (bicyclic) bond motifs is 1. The normalized spacial score (nSPS) is 15.4. The van der Waals surface area contributed by atoms with E-state index in [9.17, 15) is 9.59 Å². The first-order valence-corrected chi connectivity index (χ1v) is 9.01. The highest BCUT2D eigenvalue weighted by atomic mass is 32.1. The number of hydrogen-bond acceptors (Lipinski definition) is 5.